The van der Waals surface area contributed by atoms with Gasteiger partial charge in [0, 0.05) is 11.6 Å². The molecular formula is C19H26N2O4. The van der Waals surface area contributed by atoms with E-state index in [0.717, 1.165) is 24.8 Å². The standard InChI is InChI=1S/C19H26N2O4/c1-13-6-5-8-15(10-13)19(24)20-11-18(23)25-12-17(22)21-16-9-4-3-7-14(16)2/h5-6,8,10,14,16H,3-4,7,9,11-12H2,1-2H3,(H,20,24)(H,21,22)/t14-,16-/m0/s1. The lowest BCUT2D eigenvalue weighted by molar-refractivity contribution is -0.147. The lowest BCUT2D eigenvalue weighted by atomic mass is 9.86. The molecule has 0 heterocycles. The van der Waals surface area contributed by atoms with Gasteiger partial charge in [-0.05, 0) is 37.8 Å². The Balaban J connectivity index is 1.68. The normalized spacial score (nSPS) is 19.8. The van der Waals surface area contributed by atoms with Crippen LogP contribution < -0.4 is 10.6 Å². The summed E-state index contributed by atoms with van der Waals surface area (Å²) < 4.78 is 4.92. The Hall–Kier alpha value is -2.37. The first-order chi connectivity index (χ1) is 12.0. The van der Waals surface area contributed by atoms with Crippen molar-refractivity contribution in [3.05, 3.63) is 35.4 Å². The van der Waals surface area contributed by atoms with Gasteiger partial charge in [-0.1, -0.05) is 37.5 Å². The topological polar surface area (TPSA) is 84.5 Å². The number of benzene rings is 1. The van der Waals surface area contributed by atoms with Gasteiger partial charge in [-0.15, -0.1) is 0 Å². The minimum atomic E-state index is -0.632. The van der Waals surface area contributed by atoms with Gasteiger partial charge >= 0.3 is 5.97 Å². The van der Waals surface area contributed by atoms with Gasteiger partial charge in [0.2, 0.25) is 0 Å². The Bertz CT molecular complexity index is 630. The van der Waals surface area contributed by atoms with Crippen molar-refractivity contribution >= 4 is 17.8 Å². The molecule has 1 aliphatic rings. The molecule has 0 spiro atoms. The summed E-state index contributed by atoms with van der Waals surface area (Å²) in [4.78, 5) is 35.5. The van der Waals surface area contributed by atoms with Crippen molar-refractivity contribution in [3.8, 4) is 0 Å². The largest absolute Gasteiger partial charge is 0.454 e. The fourth-order valence-electron chi connectivity index (χ4n) is 3.02. The molecule has 2 amide bonds. The second-order valence-corrected chi connectivity index (χ2v) is 6.65. The van der Waals surface area contributed by atoms with Gasteiger partial charge in [0.05, 0.1) is 0 Å². The van der Waals surface area contributed by atoms with Crippen molar-refractivity contribution in [2.45, 2.75) is 45.6 Å². The second kappa shape index (κ2) is 9.20. The Morgan fingerprint density at radius 2 is 1.96 bits per heavy atom. The Kier molecular flexibility index (Phi) is 6.98. The molecule has 6 nitrogen and oxygen atoms in total. The van der Waals surface area contributed by atoms with Crippen molar-refractivity contribution in [1.82, 2.24) is 10.6 Å². The number of hydrogen-bond donors (Lipinski definition) is 2. The molecule has 0 aliphatic heterocycles. The van der Waals surface area contributed by atoms with Gasteiger partial charge in [0.15, 0.2) is 6.61 Å². The maximum Gasteiger partial charge on any atom is 0.325 e. The third-order valence-electron chi connectivity index (χ3n) is 4.50. The first-order valence-electron chi connectivity index (χ1n) is 8.75. The number of rotatable bonds is 6. The van der Waals surface area contributed by atoms with Crippen LogP contribution in [0.15, 0.2) is 24.3 Å². The van der Waals surface area contributed by atoms with Gasteiger partial charge in [0.25, 0.3) is 11.8 Å². The SMILES string of the molecule is Cc1cccc(C(=O)NCC(=O)OCC(=O)N[C@H]2CCCC[C@@H]2C)c1. The van der Waals surface area contributed by atoms with Crippen molar-refractivity contribution in [2.75, 3.05) is 13.2 Å². The van der Waals surface area contributed by atoms with Crippen molar-refractivity contribution in [2.24, 2.45) is 5.92 Å². The highest BCUT2D eigenvalue weighted by Gasteiger charge is 2.23. The molecule has 0 saturated heterocycles. The van der Waals surface area contributed by atoms with Crippen LogP contribution in [0, 0.1) is 12.8 Å². The molecule has 1 aromatic rings. The Morgan fingerprint density at radius 1 is 1.20 bits per heavy atom. The summed E-state index contributed by atoms with van der Waals surface area (Å²) in [6.07, 6.45) is 4.38. The molecule has 0 bridgehead atoms. The van der Waals surface area contributed by atoms with E-state index < -0.39 is 5.97 Å². The first-order valence-corrected chi connectivity index (χ1v) is 8.75. The van der Waals surface area contributed by atoms with Gasteiger partial charge in [-0.25, -0.2) is 0 Å². The average Bonchev–Trinajstić information content (AvgIpc) is 2.60. The van der Waals surface area contributed by atoms with Gasteiger partial charge in [-0.3, -0.25) is 14.4 Å². The number of esters is 1. The quantitative estimate of drug-likeness (QED) is 0.771. The summed E-state index contributed by atoms with van der Waals surface area (Å²) in [6, 6.07) is 7.23. The monoisotopic (exact) mass is 346 g/mol. The van der Waals surface area contributed by atoms with Crippen molar-refractivity contribution < 1.29 is 19.1 Å². The Morgan fingerprint density at radius 3 is 2.68 bits per heavy atom. The maximum absolute atomic E-state index is 11.9. The summed E-state index contributed by atoms with van der Waals surface area (Å²) >= 11 is 0. The molecule has 1 saturated carbocycles. The van der Waals surface area contributed by atoms with Gasteiger partial charge < -0.3 is 15.4 Å². The van der Waals surface area contributed by atoms with Crippen LogP contribution in [0.3, 0.4) is 0 Å². The number of amides is 2. The molecule has 0 aromatic heterocycles. The van der Waals surface area contributed by atoms with E-state index in [-0.39, 0.29) is 31.0 Å². The molecular weight excluding hydrogens is 320 g/mol. The van der Waals surface area contributed by atoms with Crippen molar-refractivity contribution in [1.29, 1.82) is 0 Å². The van der Waals surface area contributed by atoms with Crippen LogP contribution in [0.2, 0.25) is 0 Å². The minimum absolute atomic E-state index is 0.154. The van der Waals surface area contributed by atoms with Crippen LogP contribution in [0.1, 0.15) is 48.5 Å². The third kappa shape index (κ3) is 6.21. The van der Waals surface area contributed by atoms with Crippen LogP contribution in [0.5, 0.6) is 0 Å². The lowest BCUT2D eigenvalue weighted by Gasteiger charge is -2.29. The molecule has 0 unspecified atom stereocenters. The molecule has 136 valence electrons. The second-order valence-electron chi connectivity index (χ2n) is 6.65. The van der Waals surface area contributed by atoms with Crippen LogP contribution in [0.4, 0.5) is 0 Å². The number of hydrogen-bond acceptors (Lipinski definition) is 4. The summed E-state index contributed by atoms with van der Waals surface area (Å²) in [5, 5.41) is 5.41. The fraction of sp³-hybridized carbons (Fsp3) is 0.526. The molecule has 2 N–H and O–H groups in total. The zero-order chi connectivity index (χ0) is 18.2. The van der Waals surface area contributed by atoms with Crippen LogP contribution in [0.25, 0.3) is 0 Å². The highest BCUT2D eigenvalue weighted by atomic mass is 16.5. The molecule has 0 radical (unpaired) electrons. The number of aryl methyl sites for hydroxylation is 1. The first kappa shape index (κ1) is 19.0. The summed E-state index contributed by atoms with van der Waals surface area (Å²) in [5.74, 6) is -0.826. The molecule has 2 atom stereocenters. The zero-order valence-electron chi connectivity index (χ0n) is 14.8. The summed E-state index contributed by atoms with van der Waals surface area (Å²) in [6.45, 7) is 3.43. The lowest BCUT2D eigenvalue weighted by Crippen LogP contribution is -2.43. The molecule has 1 aliphatic carbocycles. The molecule has 6 heteroatoms. The van der Waals surface area contributed by atoms with Gasteiger partial charge in [-0.2, -0.15) is 0 Å². The molecule has 1 fully saturated rings. The predicted molar refractivity (Wildman–Crippen MR) is 94.0 cm³/mol. The number of carbonyl (C=O) groups excluding carboxylic acids is 3. The van der Waals surface area contributed by atoms with E-state index in [1.807, 2.05) is 13.0 Å². The van der Waals surface area contributed by atoms with E-state index in [9.17, 15) is 14.4 Å². The number of carbonyl (C=O) groups is 3. The summed E-state index contributed by atoms with van der Waals surface area (Å²) in [7, 11) is 0. The van der Waals surface area contributed by atoms with E-state index in [1.165, 1.54) is 6.42 Å². The molecule has 1 aromatic carbocycles. The van der Waals surface area contributed by atoms with Crippen molar-refractivity contribution in [3.63, 3.8) is 0 Å². The maximum atomic E-state index is 11.9. The number of ether oxygens (including phenoxy) is 1. The molecule has 25 heavy (non-hydrogen) atoms. The van der Waals surface area contributed by atoms with Gasteiger partial charge in [0.1, 0.15) is 6.54 Å². The highest BCUT2D eigenvalue weighted by Crippen LogP contribution is 2.23. The smallest absolute Gasteiger partial charge is 0.325 e. The zero-order valence-corrected chi connectivity index (χ0v) is 14.8. The van der Waals surface area contributed by atoms with Crippen LogP contribution in [-0.4, -0.2) is 37.0 Å². The van der Waals surface area contributed by atoms with E-state index in [1.54, 1.807) is 18.2 Å². The van der Waals surface area contributed by atoms with E-state index in [4.69, 9.17) is 4.74 Å². The predicted octanol–water partition coefficient (Wildman–Crippen LogP) is 1.96. The third-order valence-corrected chi connectivity index (χ3v) is 4.50. The van der Waals surface area contributed by atoms with E-state index in [2.05, 4.69) is 17.6 Å². The number of nitrogens with one attached hydrogen (secondary N) is 2. The summed E-state index contributed by atoms with van der Waals surface area (Å²) in [5.41, 5.74) is 1.45. The highest BCUT2D eigenvalue weighted by molar-refractivity contribution is 5.96. The van der Waals surface area contributed by atoms with E-state index in [0.29, 0.717) is 11.5 Å². The van der Waals surface area contributed by atoms with Crippen LogP contribution >= 0.6 is 0 Å². The molecule has 2 rings (SSSR count). The minimum Gasteiger partial charge on any atom is -0.454 e. The average molecular weight is 346 g/mol. The van der Waals surface area contributed by atoms with Crippen LogP contribution in [-0.2, 0) is 14.3 Å². The fourth-order valence-corrected chi connectivity index (χ4v) is 3.02. The Labute approximate surface area is 148 Å². The van der Waals surface area contributed by atoms with E-state index >= 15 is 0 Å².